The highest BCUT2D eigenvalue weighted by atomic mass is 31.1. The second kappa shape index (κ2) is 3.44. The molecular weight excluding hydrogens is 141 g/mol. The number of terminal acetylenes is 1. The van der Waals surface area contributed by atoms with E-state index >= 15 is 0 Å². The van der Waals surface area contributed by atoms with Crippen LogP contribution < -0.4 is 0 Å². The Labute approximate surface area is 63.2 Å². The van der Waals surface area contributed by atoms with E-state index in [1.54, 1.807) is 0 Å². The molecule has 1 heterocycles. The van der Waals surface area contributed by atoms with Crippen LogP contribution in [-0.2, 0) is 0 Å². The van der Waals surface area contributed by atoms with Crippen molar-refractivity contribution in [3.63, 3.8) is 0 Å². The number of rotatable bonds is 1. The number of hydrogen-bond acceptors (Lipinski definition) is 1. The van der Waals surface area contributed by atoms with Crippen LogP contribution in [0, 0.1) is 12.3 Å². The molecule has 1 aliphatic rings. The lowest BCUT2D eigenvalue weighted by atomic mass is 10.6. The van der Waals surface area contributed by atoms with E-state index in [4.69, 9.17) is 6.42 Å². The van der Waals surface area contributed by atoms with Gasteiger partial charge in [-0.15, -0.1) is 6.42 Å². The highest BCUT2D eigenvalue weighted by molar-refractivity contribution is 7.63. The molecule has 0 aromatic rings. The van der Waals surface area contributed by atoms with Crippen LogP contribution in [0.25, 0.3) is 0 Å². The Morgan fingerprint density at radius 3 is 2.60 bits per heavy atom. The molecule has 0 saturated heterocycles. The molecule has 0 aromatic carbocycles. The molecule has 0 aliphatic carbocycles. The Balaban J connectivity index is 2.47. The largest absolute Gasteiger partial charge is 0.343 e. The molecule has 1 nitrogen and oxygen atoms in total. The van der Waals surface area contributed by atoms with Gasteiger partial charge in [0.1, 0.15) is 0 Å². The first-order valence-electron chi connectivity index (χ1n) is 3.11. The Kier molecular flexibility index (Phi) is 2.54. The van der Waals surface area contributed by atoms with Crippen molar-refractivity contribution in [1.82, 2.24) is 4.90 Å². The van der Waals surface area contributed by atoms with Crippen LogP contribution in [0.15, 0.2) is 24.0 Å². The van der Waals surface area contributed by atoms with Gasteiger partial charge >= 0.3 is 0 Å². The molecule has 0 aromatic heterocycles. The van der Waals surface area contributed by atoms with Crippen LogP contribution in [-0.4, -0.2) is 18.1 Å². The summed E-state index contributed by atoms with van der Waals surface area (Å²) in [6.07, 6.45) is 9.23. The molecule has 1 rings (SSSR count). The summed E-state index contributed by atoms with van der Waals surface area (Å²) < 4.78 is 0. The minimum atomic E-state index is -0.000361. The van der Waals surface area contributed by atoms with Crippen molar-refractivity contribution in [2.45, 2.75) is 0 Å². The second-order valence-electron chi connectivity index (χ2n) is 2.14. The molecule has 2 heteroatoms. The summed E-state index contributed by atoms with van der Waals surface area (Å²) in [6, 6.07) is 0. The van der Waals surface area contributed by atoms with Gasteiger partial charge in [0.15, 0.2) is 0 Å². The van der Waals surface area contributed by atoms with E-state index in [-0.39, 0.29) is 7.92 Å². The lowest BCUT2D eigenvalue weighted by Crippen LogP contribution is -2.10. The van der Waals surface area contributed by atoms with Crippen molar-refractivity contribution in [1.29, 1.82) is 0 Å². The van der Waals surface area contributed by atoms with Gasteiger partial charge < -0.3 is 4.90 Å². The Bertz CT molecular complexity index is 186. The molecule has 1 aliphatic heterocycles. The van der Waals surface area contributed by atoms with Gasteiger partial charge in [0.2, 0.25) is 0 Å². The van der Waals surface area contributed by atoms with Crippen LogP contribution in [0.1, 0.15) is 0 Å². The molecule has 10 heavy (non-hydrogen) atoms. The fraction of sp³-hybridized carbons (Fsp3) is 0.250. The number of hydrogen-bond donors (Lipinski definition) is 0. The molecule has 0 N–H and O–H groups in total. The zero-order valence-corrected chi connectivity index (χ0v) is 6.88. The maximum Gasteiger partial charge on any atom is 0.0829 e. The summed E-state index contributed by atoms with van der Waals surface area (Å²) in [5.41, 5.74) is 0. The molecule has 0 unspecified atom stereocenters. The van der Waals surface area contributed by atoms with Gasteiger partial charge in [0, 0.05) is 12.4 Å². The molecule has 0 bridgehead atoms. The zero-order chi connectivity index (χ0) is 7.40. The lowest BCUT2D eigenvalue weighted by molar-refractivity contribution is 0.576. The van der Waals surface area contributed by atoms with Crippen molar-refractivity contribution in [3.8, 4) is 12.3 Å². The smallest absolute Gasteiger partial charge is 0.0829 e. The summed E-state index contributed by atoms with van der Waals surface area (Å²) in [5.74, 6) is 6.96. The molecule has 52 valence electrons. The van der Waals surface area contributed by atoms with Crippen molar-refractivity contribution < 1.29 is 0 Å². The first-order valence-corrected chi connectivity index (χ1v) is 5.03. The van der Waals surface area contributed by atoms with E-state index in [0.29, 0.717) is 6.54 Å². The van der Waals surface area contributed by atoms with Crippen molar-refractivity contribution >= 4 is 7.92 Å². The third-order valence-corrected chi connectivity index (χ3v) is 2.47. The topological polar surface area (TPSA) is 3.24 Å². The van der Waals surface area contributed by atoms with Gasteiger partial charge in [-0.2, -0.15) is 0 Å². The predicted molar refractivity (Wildman–Crippen MR) is 46.7 cm³/mol. The van der Waals surface area contributed by atoms with E-state index in [0.717, 1.165) is 0 Å². The molecular formula is C8H10NP. The van der Waals surface area contributed by atoms with Crippen molar-refractivity contribution in [2.24, 2.45) is 0 Å². The minimum absolute atomic E-state index is 0.000361. The summed E-state index contributed by atoms with van der Waals surface area (Å²) in [4.78, 5) is 2.00. The van der Waals surface area contributed by atoms with Gasteiger partial charge in [0.05, 0.1) is 6.54 Å². The molecule has 0 radical (unpaired) electrons. The normalized spacial score (nSPS) is 17.4. The standard InChI is InChI=1S/C8H10NP/c1-3-4-9-5-7-10(2)8-6-9/h1,5-8H,4H2,2H3. The summed E-state index contributed by atoms with van der Waals surface area (Å²) >= 11 is 0. The Hall–Kier alpha value is -0.730. The molecule has 0 fully saturated rings. The SMILES string of the molecule is C#CCN1C=CP(C)C=C1. The average Bonchev–Trinajstić information content (AvgIpc) is 1.95. The molecule has 0 spiro atoms. The Morgan fingerprint density at radius 1 is 1.50 bits per heavy atom. The first kappa shape index (κ1) is 7.38. The van der Waals surface area contributed by atoms with Gasteiger partial charge in [-0.05, 0) is 18.3 Å². The van der Waals surface area contributed by atoms with Crippen LogP contribution in [0.4, 0.5) is 0 Å². The maximum absolute atomic E-state index is 5.14. The second-order valence-corrected chi connectivity index (χ2v) is 4.07. The van der Waals surface area contributed by atoms with Crippen molar-refractivity contribution in [2.75, 3.05) is 13.2 Å². The van der Waals surface area contributed by atoms with Crippen LogP contribution in [0.2, 0.25) is 0 Å². The van der Waals surface area contributed by atoms with E-state index < -0.39 is 0 Å². The van der Waals surface area contributed by atoms with E-state index in [9.17, 15) is 0 Å². The van der Waals surface area contributed by atoms with E-state index in [1.165, 1.54) is 0 Å². The van der Waals surface area contributed by atoms with E-state index in [2.05, 4.69) is 24.2 Å². The fourth-order valence-electron chi connectivity index (χ4n) is 0.692. The molecule has 0 amide bonds. The Morgan fingerprint density at radius 2 is 2.10 bits per heavy atom. The lowest BCUT2D eigenvalue weighted by Gasteiger charge is -2.16. The highest BCUT2D eigenvalue weighted by Gasteiger charge is 1.98. The summed E-state index contributed by atoms with van der Waals surface area (Å²) in [6.45, 7) is 2.88. The van der Waals surface area contributed by atoms with Gasteiger partial charge in [-0.1, -0.05) is 13.8 Å². The minimum Gasteiger partial charge on any atom is -0.343 e. The summed E-state index contributed by atoms with van der Waals surface area (Å²) in [5, 5.41) is 0. The fourth-order valence-corrected chi connectivity index (χ4v) is 1.55. The third kappa shape index (κ3) is 1.90. The maximum atomic E-state index is 5.14. The zero-order valence-electron chi connectivity index (χ0n) is 5.99. The van der Waals surface area contributed by atoms with Crippen molar-refractivity contribution in [3.05, 3.63) is 24.0 Å². The van der Waals surface area contributed by atoms with Gasteiger partial charge in [-0.25, -0.2) is 0 Å². The van der Waals surface area contributed by atoms with Crippen LogP contribution in [0.3, 0.4) is 0 Å². The molecule has 0 saturated carbocycles. The first-order chi connectivity index (χ1) is 4.83. The monoisotopic (exact) mass is 151 g/mol. The van der Waals surface area contributed by atoms with Gasteiger partial charge in [0.25, 0.3) is 0 Å². The molecule has 0 atom stereocenters. The number of nitrogens with zero attached hydrogens (tertiary/aromatic N) is 1. The van der Waals surface area contributed by atoms with Crippen LogP contribution in [0.5, 0.6) is 0 Å². The quantitative estimate of drug-likeness (QED) is 0.409. The third-order valence-electron chi connectivity index (χ3n) is 1.26. The van der Waals surface area contributed by atoms with Crippen LogP contribution >= 0.6 is 7.92 Å². The van der Waals surface area contributed by atoms with Gasteiger partial charge in [-0.3, -0.25) is 0 Å². The predicted octanol–water partition coefficient (Wildman–Crippen LogP) is 1.99. The summed E-state index contributed by atoms with van der Waals surface area (Å²) in [7, 11) is -0.000361. The van der Waals surface area contributed by atoms with E-state index in [1.807, 2.05) is 17.3 Å². The highest BCUT2D eigenvalue weighted by Crippen LogP contribution is 2.36. The average molecular weight is 151 g/mol.